The lowest BCUT2D eigenvalue weighted by Gasteiger charge is -2.33. The Morgan fingerprint density at radius 3 is 2.52 bits per heavy atom. The van der Waals surface area contributed by atoms with Crippen LogP contribution in [-0.4, -0.2) is 42.8 Å². The molecular weight excluding hydrogens is 264 g/mol. The van der Waals surface area contributed by atoms with E-state index in [4.69, 9.17) is 9.72 Å². The summed E-state index contributed by atoms with van der Waals surface area (Å²) in [5.74, 6) is 3.03. The van der Waals surface area contributed by atoms with Crippen LogP contribution in [0.3, 0.4) is 0 Å². The normalized spacial score (nSPS) is 16.3. The summed E-state index contributed by atoms with van der Waals surface area (Å²) >= 11 is 0. The predicted molar refractivity (Wildman–Crippen MR) is 87.2 cm³/mol. The second-order valence-electron chi connectivity index (χ2n) is 5.64. The molecule has 0 unspecified atom stereocenters. The molecule has 0 spiro atoms. The van der Waals surface area contributed by atoms with Gasteiger partial charge in [-0.05, 0) is 33.1 Å². The van der Waals surface area contributed by atoms with Gasteiger partial charge in [0.1, 0.15) is 17.5 Å². The van der Waals surface area contributed by atoms with Gasteiger partial charge in [0.25, 0.3) is 0 Å². The first-order chi connectivity index (χ1) is 10.2. The largest absolute Gasteiger partial charge is 0.381 e. The van der Waals surface area contributed by atoms with Gasteiger partial charge in [-0.1, -0.05) is 6.92 Å². The zero-order valence-electron chi connectivity index (χ0n) is 13.8. The van der Waals surface area contributed by atoms with Crippen molar-refractivity contribution in [2.24, 2.45) is 0 Å². The fourth-order valence-corrected chi connectivity index (χ4v) is 2.84. The third-order valence-corrected chi connectivity index (χ3v) is 4.06. The quantitative estimate of drug-likeness (QED) is 0.873. The maximum Gasteiger partial charge on any atom is 0.137 e. The van der Waals surface area contributed by atoms with Crippen LogP contribution in [0.15, 0.2) is 0 Å². The van der Waals surface area contributed by atoms with Crippen molar-refractivity contribution in [1.82, 2.24) is 9.97 Å². The first kappa shape index (κ1) is 16.0. The standard InChI is InChI=1S/C16H28N4O/c1-5-7-14-18-15(17-6-2)12(3)16(19-14)20-10-8-13(21-4)9-11-20/h13H,5-11H2,1-4H3,(H,17,18,19). The van der Waals surface area contributed by atoms with Crippen LogP contribution < -0.4 is 10.2 Å². The van der Waals surface area contributed by atoms with E-state index in [0.29, 0.717) is 6.10 Å². The van der Waals surface area contributed by atoms with Crippen LogP contribution in [0.1, 0.15) is 44.5 Å². The monoisotopic (exact) mass is 292 g/mol. The van der Waals surface area contributed by atoms with E-state index in [9.17, 15) is 0 Å². The van der Waals surface area contributed by atoms with Gasteiger partial charge in [0, 0.05) is 38.7 Å². The molecule has 1 aliphatic rings. The van der Waals surface area contributed by atoms with Crippen LogP contribution >= 0.6 is 0 Å². The Kier molecular flexibility index (Phi) is 5.79. The predicted octanol–water partition coefficient (Wildman–Crippen LogP) is 2.78. The van der Waals surface area contributed by atoms with Crippen molar-refractivity contribution < 1.29 is 4.74 Å². The lowest BCUT2D eigenvalue weighted by molar-refractivity contribution is 0.0817. The molecule has 0 atom stereocenters. The summed E-state index contributed by atoms with van der Waals surface area (Å²) in [7, 11) is 1.80. The number of aromatic nitrogens is 2. The zero-order chi connectivity index (χ0) is 15.2. The van der Waals surface area contributed by atoms with E-state index >= 15 is 0 Å². The van der Waals surface area contributed by atoms with Gasteiger partial charge in [0.05, 0.1) is 6.10 Å². The summed E-state index contributed by atoms with van der Waals surface area (Å²) in [6.45, 7) is 9.28. The van der Waals surface area contributed by atoms with E-state index in [1.165, 1.54) is 0 Å². The molecule has 2 rings (SSSR count). The summed E-state index contributed by atoms with van der Waals surface area (Å²) in [4.78, 5) is 11.9. The van der Waals surface area contributed by atoms with Crippen molar-refractivity contribution in [3.8, 4) is 0 Å². The van der Waals surface area contributed by atoms with E-state index in [-0.39, 0.29) is 0 Å². The molecule has 0 radical (unpaired) electrons. The molecule has 1 aromatic rings. The number of piperidine rings is 1. The second-order valence-corrected chi connectivity index (χ2v) is 5.64. The van der Waals surface area contributed by atoms with Crippen LogP contribution in [0.5, 0.6) is 0 Å². The molecule has 0 amide bonds. The highest BCUT2D eigenvalue weighted by atomic mass is 16.5. The van der Waals surface area contributed by atoms with Gasteiger partial charge < -0.3 is 15.0 Å². The number of nitrogens with one attached hydrogen (secondary N) is 1. The second kappa shape index (κ2) is 7.59. The van der Waals surface area contributed by atoms with E-state index in [1.807, 2.05) is 0 Å². The van der Waals surface area contributed by atoms with E-state index in [1.54, 1.807) is 7.11 Å². The molecule has 0 saturated carbocycles. The fraction of sp³-hybridized carbons (Fsp3) is 0.750. The number of anilines is 2. The number of ether oxygens (including phenoxy) is 1. The third-order valence-electron chi connectivity index (χ3n) is 4.06. The van der Waals surface area contributed by atoms with Gasteiger partial charge in [-0.25, -0.2) is 9.97 Å². The molecule has 2 heterocycles. The molecule has 21 heavy (non-hydrogen) atoms. The molecule has 1 fully saturated rings. The molecule has 1 saturated heterocycles. The summed E-state index contributed by atoms with van der Waals surface area (Å²) in [6.07, 6.45) is 4.53. The van der Waals surface area contributed by atoms with Crippen LogP contribution in [-0.2, 0) is 11.2 Å². The molecule has 0 bridgehead atoms. The first-order valence-corrected chi connectivity index (χ1v) is 8.08. The molecule has 5 nitrogen and oxygen atoms in total. The minimum Gasteiger partial charge on any atom is -0.381 e. The topological polar surface area (TPSA) is 50.3 Å². The van der Waals surface area contributed by atoms with Crippen LogP contribution in [0.2, 0.25) is 0 Å². The molecule has 1 aliphatic heterocycles. The fourth-order valence-electron chi connectivity index (χ4n) is 2.84. The summed E-state index contributed by atoms with van der Waals surface area (Å²) < 4.78 is 5.46. The highest BCUT2D eigenvalue weighted by Crippen LogP contribution is 2.27. The lowest BCUT2D eigenvalue weighted by atomic mass is 10.1. The number of hydrogen-bond acceptors (Lipinski definition) is 5. The Morgan fingerprint density at radius 2 is 1.95 bits per heavy atom. The van der Waals surface area contributed by atoms with E-state index < -0.39 is 0 Å². The van der Waals surface area contributed by atoms with Gasteiger partial charge in [-0.3, -0.25) is 0 Å². The summed E-state index contributed by atoms with van der Waals surface area (Å²) in [6, 6.07) is 0. The number of rotatable bonds is 6. The highest BCUT2D eigenvalue weighted by molar-refractivity contribution is 5.58. The molecule has 5 heteroatoms. The maximum absolute atomic E-state index is 5.46. The Morgan fingerprint density at radius 1 is 1.24 bits per heavy atom. The van der Waals surface area contributed by atoms with Crippen molar-refractivity contribution >= 4 is 11.6 Å². The van der Waals surface area contributed by atoms with Gasteiger partial charge in [0.15, 0.2) is 0 Å². The molecule has 1 aromatic heterocycles. The highest BCUT2D eigenvalue weighted by Gasteiger charge is 2.22. The first-order valence-electron chi connectivity index (χ1n) is 8.08. The molecule has 0 aromatic carbocycles. The van der Waals surface area contributed by atoms with Crippen molar-refractivity contribution in [2.45, 2.75) is 52.6 Å². The lowest BCUT2D eigenvalue weighted by Crippen LogP contribution is -2.37. The van der Waals surface area contributed by atoms with Crippen LogP contribution in [0.25, 0.3) is 0 Å². The SMILES string of the molecule is CCCc1nc(NCC)c(C)c(N2CCC(OC)CC2)n1. The summed E-state index contributed by atoms with van der Waals surface area (Å²) in [5.41, 5.74) is 1.16. The smallest absolute Gasteiger partial charge is 0.137 e. The van der Waals surface area contributed by atoms with Crippen molar-refractivity contribution in [3.05, 3.63) is 11.4 Å². The Balaban J connectivity index is 2.24. The molecule has 0 aliphatic carbocycles. The minimum atomic E-state index is 0.395. The average Bonchev–Trinajstić information content (AvgIpc) is 2.51. The maximum atomic E-state index is 5.46. The van der Waals surface area contributed by atoms with Gasteiger partial charge in [-0.15, -0.1) is 0 Å². The van der Waals surface area contributed by atoms with Crippen molar-refractivity contribution in [3.63, 3.8) is 0 Å². The van der Waals surface area contributed by atoms with E-state index in [0.717, 1.165) is 68.3 Å². The number of aryl methyl sites for hydroxylation is 1. The molecule has 1 N–H and O–H groups in total. The Bertz CT molecular complexity index is 456. The van der Waals surface area contributed by atoms with Crippen LogP contribution in [0.4, 0.5) is 11.6 Å². The van der Waals surface area contributed by atoms with Crippen molar-refractivity contribution in [2.75, 3.05) is 37.0 Å². The number of nitrogens with zero attached hydrogens (tertiary/aromatic N) is 3. The van der Waals surface area contributed by atoms with Gasteiger partial charge >= 0.3 is 0 Å². The van der Waals surface area contributed by atoms with E-state index in [2.05, 4.69) is 36.0 Å². The molecular formula is C16H28N4O. The summed E-state index contributed by atoms with van der Waals surface area (Å²) in [5, 5.41) is 3.37. The molecule has 118 valence electrons. The van der Waals surface area contributed by atoms with Gasteiger partial charge in [0.2, 0.25) is 0 Å². The van der Waals surface area contributed by atoms with Crippen molar-refractivity contribution in [1.29, 1.82) is 0 Å². The number of hydrogen-bond donors (Lipinski definition) is 1. The van der Waals surface area contributed by atoms with Gasteiger partial charge in [-0.2, -0.15) is 0 Å². The average molecular weight is 292 g/mol. The Labute approximate surface area is 128 Å². The zero-order valence-corrected chi connectivity index (χ0v) is 13.8. The van der Waals surface area contributed by atoms with Crippen LogP contribution in [0, 0.1) is 6.92 Å². The third kappa shape index (κ3) is 3.84. The minimum absolute atomic E-state index is 0.395. The number of methoxy groups -OCH3 is 1. The Hall–Kier alpha value is -1.36.